The van der Waals surface area contributed by atoms with E-state index in [-0.39, 0.29) is 5.02 Å². The van der Waals surface area contributed by atoms with Gasteiger partial charge in [-0.05, 0) is 62.7 Å². The zero-order chi connectivity index (χ0) is 29.7. The van der Waals surface area contributed by atoms with Crippen molar-refractivity contribution >= 4 is 52.2 Å². The van der Waals surface area contributed by atoms with E-state index in [9.17, 15) is 19.5 Å². The lowest BCUT2D eigenvalue weighted by atomic mass is 9.61. The van der Waals surface area contributed by atoms with Gasteiger partial charge in [-0.3, -0.25) is 14.4 Å². The molecule has 216 valence electrons. The minimum atomic E-state index is -1.81. The van der Waals surface area contributed by atoms with Crippen LogP contribution >= 0.6 is 23.2 Å². The normalized spacial score (nSPS) is 22.1. The average Bonchev–Trinajstić information content (AvgIpc) is 2.90. The van der Waals surface area contributed by atoms with Crippen LogP contribution in [-0.2, 0) is 14.4 Å². The topological polar surface area (TPSA) is 114 Å². The number of carbonyl (C=O) groups is 3. The van der Waals surface area contributed by atoms with Gasteiger partial charge >= 0.3 is 0 Å². The van der Waals surface area contributed by atoms with Crippen LogP contribution in [0.15, 0.2) is 66.7 Å². The highest BCUT2D eigenvalue weighted by atomic mass is 35.5. The highest BCUT2D eigenvalue weighted by Crippen LogP contribution is 2.49. The molecular weight excluding hydrogens is 567 g/mol. The molecule has 1 fully saturated rings. The fourth-order valence-electron chi connectivity index (χ4n) is 5.36. The van der Waals surface area contributed by atoms with E-state index < -0.39 is 47.4 Å². The number of hydrogen-bond donors (Lipinski definition) is 3. The lowest BCUT2D eigenvalue weighted by molar-refractivity contribution is -0.150. The van der Waals surface area contributed by atoms with Crippen LogP contribution in [0.4, 0.5) is 11.4 Å². The van der Waals surface area contributed by atoms with Gasteiger partial charge in [0, 0.05) is 22.4 Å². The third-order valence-corrected chi connectivity index (χ3v) is 7.61. The number of para-hydroxylation sites is 4. The number of rotatable bonds is 9. The number of aliphatic hydroxyl groups is 1. The van der Waals surface area contributed by atoms with E-state index in [4.69, 9.17) is 32.7 Å². The molecule has 3 N–H and O–H groups in total. The quantitative estimate of drug-likeness (QED) is 0.256. The maximum Gasteiger partial charge on any atom is 0.235 e. The van der Waals surface area contributed by atoms with Crippen molar-refractivity contribution in [2.24, 2.45) is 11.8 Å². The third-order valence-electron chi connectivity index (χ3n) is 7.04. The Labute approximate surface area is 248 Å². The van der Waals surface area contributed by atoms with Crippen LogP contribution in [0.1, 0.15) is 38.7 Å². The summed E-state index contributed by atoms with van der Waals surface area (Å²) in [4.78, 5) is 41.5. The summed E-state index contributed by atoms with van der Waals surface area (Å²) >= 11 is 12.8. The molecular formula is C31H32Cl2N2O6. The molecule has 0 saturated heterocycles. The lowest BCUT2D eigenvalue weighted by Crippen LogP contribution is -2.56. The number of ketones is 1. The van der Waals surface area contributed by atoms with Gasteiger partial charge in [-0.15, -0.1) is 0 Å². The third kappa shape index (κ3) is 6.67. The molecule has 1 saturated carbocycles. The molecule has 10 heteroatoms. The van der Waals surface area contributed by atoms with E-state index in [0.717, 1.165) is 0 Å². The monoisotopic (exact) mass is 598 g/mol. The number of carbonyl (C=O) groups excluding carboxylic acids is 3. The summed E-state index contributed by atoms with van der Waals surface area (Å²) in [5, 5.41) is 17.7. The Morgan fingerprint density at radius 3 is 1.98 bits per heavy atom. The van der Waals surface area contributed by atoms with E-state index in [0.29, 0.717) is 46.7 Å². The van der Waals surface area contributed by atoms with Crippen LogP contribution in [0, 0.1) is 11.8 Å². The molecule has 2 amide bonds. The molecule has 0 radical (unpaired) electrons. The van der Waals surface area contributed by atoms with Crippen LogP contribution in [-0.4, -0.2) is 41.5 Å². The maximum absolute atomic E-state index is 14.0. The first-order valence-corrected chi connectivity index (χ1v) is 14.1. The van der Waals surface area contributed by atoms with Crippen LogP contribution in [0.25, 0.3) is 0 Å². The molecule has 4 rings (SSSR count). The predicted octanol–water partition coefficient (Wildman–Crippen LogP) is 6.11. The molecule has 0 aromatic heterocycles. The Morgan fingerprint density at radius 2 is 1.44 bits per heavy atom. The van der Waals surface area contributed by atoms with Crippen molar-refractivity contribution in [2.45, 2.75) is 38.7 Å². The van der Waals surface area contributed by atoms with Crippen LogP contribution in [0.5, 0.6) is 11.5 Å². The fraction of sp³-hybridized carbons (Fsp3) is 0.323. The van der Waals surface area contributed by atoms with E-state index >= 15 is 0 Å². The van der Waals surface area contributed by atoms with Crippen LogP contribution < -0.4 is 20.1 Å². The molecule has 0 heterocycles. The fourth-order valence-corrected chi connectivity index (χ4v) is 5.90. The Hall–Kier alpha value is -3.59. The maximum atomic E-state index is 14.0. The molecule has 41 heavy (non-hydrogen) atoms. The number of anilines is 2. The summed E-state index contributed by atoms with van der Waals surface area (Å²) in [7, 11) is 0. The van der Waals surface area contributed by atoms with Gasteiger partial charge in [-0.25, -0.2) is 0 Å². The van der Waals surface area contributed by atoms with Gasteiger partial charge in [0.2, 0.25) is 11.8 Å². The van der Waals surface area contributed by atoms with Crippen molar-refractivity contribution in [3.8, 4) is 11.5 Å². The van der Waals surface area contributed by atoms with Crippen molar-refractivity contribution in [1.82, 2.24) is 0 Å². The minimum absolute atomic E-state index is 0.160. The Balaban J connectivity index is 1.80. The van der Waals surface area contributed by atoms with E-state index in [1.54, 1.807) is 60.7 Å². The molecule has 8 nitrogen and oxygen atoms in total. The summed E-state index contributed by atoms with van der Waals surface area (Å²) in [5.41, 5.74) is -0.715. The second-order valence-corrected chi connectivity index (χ2v) is 10.8. The summed E-state index contributed by atoms with van der Waals surface area (Å²) < 4.78 is 11.3. The number of hydrogen-bond acceptors (Lipinski definition) is 6. The van der Waals surface area contributed by atoms with Crippen LogP contribution in [0.3, 0.4) is 0 Å². The smallest absolute Gasteiger partial charge is 0.235 e. The number of ether oxygens (including phenoxy) is 2. The molecule has 0 aliphatic heterocycles. The second-order valence-electron chi connectivity index (χ2n) is 9.98. The number of nitrogens with one attached hydrogen (secondary N) is 2. The molecule has 1 aliphatic rings. The Bertz CT molecular complexity index is 1440. The first-order valence-electron chi connectivity index (χ1n) is 13.3. The van der Waals surface area contributed by atoms with E-state index in [2.05, 4.69) is 10.6 Å². The van der Waals surface area contributed by atoms with Crippen molar-refractivity contribution in [3.63, 3.8) is 0 Å². The van der Waals surface area contributed by atoms with Gasteiger partial charge in [0.15, 0.2) is 0 Å². The second kappa shape index (κ2) is 12.9. The highest BCUT2D eigenvalue weighted by molar-refractivity contribution is 6.35. The minimum Gasteiger partial charge on any atom is -0.492 e. The number of Topliss-reactive ketones (excluding diaryl/α,β-unsaturated/α-hetero) is 1. The van der Waals surface area contributed by atoms with Crippen LogP contribution in [0.2, 0.25) is 10.0 Å². The number of halogens is 2. The number of amides is 2. The van der Waals surface area contributed by atoms with Gasteiger partial charge in [-0.1, -0.05) is 53.5 Å². The summed E-state index contributed by atoms with van der Waals surface area (Å²) in [6.07, 6.45) is -0.426. The van der Waals surface area contributed by atoms with Crippen molar-refractivity contribution < 1.29 is 29.0 Å². The van der Waals surface area contributed by atoms with E-state index in [1.165, 1.54) is 13.0 Å². The lowest BCUT2D eigenvalue weighted by Gasteiger charge is -2.44. The van der Waals surface area contributed by atoms with Gasteiger partial charge < -0.3 is 25.2 Å². The average molecular weight is 600 g/mol. The largest absolute Gasteiger partial charge is 0.492 e. The van der Waals surface area contributed by atoms with Gasteiger partial charge in [-0.2, -0.15) is 0 Å². The molecule has 3 aromatic carbocycles. The zero-order valence-corrected chi connectivity index (χ0v) is 24.5. The standard InChI is InChI=1S/C31H32Cl2N2O6/c1-4-40-24-12-8-6-10-21(24)34-29(37)27-23(36)17-31(3,39)28(26(27)19-15-14-18(32)16-20(19)33)30(38)35-22-11-7-9-13-25(22)41-5-2/h6-16,26-28,39H,4-5,17H2,1-3H3,(H,34,37)(H,35,38). The predicted molar refractivity (Wildman–Crippen MR) is 159 cm³/mol. The van der Waals surface area contributed by atoms with E-state index in [1.807, 2.05) is 13.8 Å². The Kier molecular flexibility index (Phi) is 9.58. The molecule has 0 spiro atoms. The molecule has 0 bridgehead atoms. The SMILES string of the molecule is CCOc1ccccc1NC(=O)C1C(=O)CC(C)(O)C(C(=O)Nc2ccccc2OCC)C1c1ccc(Cl)cc1Cl. The zero-order valence-electron chi connectivity index (χ0n) is 22.9. The first-order chi connectivity index (χ1) is 19.6. The first kappa shape index (κ1) is 30.4. The Morgan fingerprint density at radius 1 is 0.902 bits per heavy atom. The molecule has 3 aromatic rings. The summed E-state index contributed by atoms with van der Waals surface area (Å²) in [6, 6.07) is 18.4. The molecule has 1 aliphatic carbocycles. The van der Waals surface area contributed by atoms with Gasteiger partial charge in [0.1, 0.15) is 23.2 Å². The number of benzene rings is 3. The summed E-state index contributed by atoms with van der Waals surface area (Å²) in [6.45, 7) is 5.79. The molecule has 4 atom stereocenters. The van der Waals surface area contributed by atoms with Gasteiger partial charge in [0.05, 0.1) is 36.1 Å². The van der Waals surface area contributed by atoms with Crippen molar-refractivity contribution in [1.29, 1.82) is 0 Å². The molecule has 4 unspecified atom stereocenters. The summed E-state index contributed by atoms with van der Waals surface area (Å²) in [5.74, 6) is -4.66. The highest BCUT2D eigenvalue weighted by Gasteiger charge is 2.56. The van der Waals surface area contributed by atoms with Gasteiger partial charge in [0.25, 0.3) is 0 Å². The van der Waals surface area contributed by atoms with Crippen molar-refractivity contribution in [3.05, 3.63) is 82.3 Å². The van der Waals surface area contributed by atoms with Crippen molar-refractivity contribution in [2.75, 3.05) is 23.8 Å².